The van der Waals surface area contributed by atoms with Gasteiger partial charge in [0.05, 0.1) is 0 Å². The minimum atomic E-state index is -0.335. The van der Waals surface area contributed by atoms with Crippen LogP contribution in [0, 0.1) is 5.92 Å². The lowest BCUT2D eigenvalue weighted by molar-refractivity contribution is -0.121. The van der Waals surface area contributed by atoms with Crippen LogP contribution in [0.4, 0.5) is 11.4 Å². The molecule has 2 aromatic rings. The van der Waals surface area contributed by atoms with E-state index in [0.717, 1.165) is 43.3 Å². The van der Waals surface area contributed by atoms with Crippen molar-refractivity contribution in [1.29, 1.82) is 0 Å². The summed E-state index contributed by atoms with van der Waals surface area (Å²) in [6.45, 7) is 7.97. The third kappa shape index (κ3) is 5.67. The van der Waals surface area contributed by atoms with Crippen LogP contribution in [0.3, 0.4) is 0 Å². The number of nitrogens with zero attached hydrogens (tertiary/aromatic N) is 2. The van der Waals surface area contributed by atoms with Gasteiger partial charge in [-0.2, -0.15) is 0 Å². The molecule has 4 rings (SSSR count). The molecule has 160 valence electrons. The minimum absolute atomic E-state index is 0.0472. The van der Waals surface area contributed by atoms with E-state index in [1.54, 1.807) is 0 Å². The molecule has 0 aromatic heterocycles. The molecule has 1 saturated carbocycles. The summed E-state index contributed by atoms with van der Waals surface area (Å²) in [5, 5.41) is 6.96. The molecule has 2 aromatic carbocycles. The average molecular weight is 427 g/mol. The number of anilines is 2. The predicted octanol–water partition coefficient (Wildman–Crippen LogP) is 3.99. The number of halogens is 1. The maximum absolute atomic E-state index is 12.5. The summed E-state index contributed by atoms with van der Waals surface area (Å²) < 4.78 is 0. The Balaban J connectivity index is 1.28. The fourth-order valence-corrected chi connectivity index (χ4v) is 4.14. The molecule has 1 unspecified atom stereocenters. The smallest absolute Gasteiger partial charge is 0.242 e. The largest absolute Gasteiger partial charge is 0.374 e. The van der Waals surface area contributed by atoms with Crippen molar-refractivity contribution in [3.8, 4) is 0 Å². The molecule has 1 aliphatic carbocycles. The molecule has 6 heteroatoms. The lowest BCUT2D eigenvalue weighted by atomic mass is 10.2. The van der Waals surface area contributed by atoms with Crippen LogP contribution >= 0.6 is 11.6 Å². The molecule has 5 nitrogen and oxygen atoms in total. The molecule has 0 spiro atoms. The molecule has 1 heterocycles. The number of benzene rings is 2. The highest BCUT2D eigenvalue weighted by atomic mass is 35.5. The van der Waals surface area contributed by atoms with E-state index in [0.29, 0.717) is 11.6 Å². The van der Waals surface area contributed by atoms with Gasteiger partial charge in [-0.1, -0.05) is 35.9 Å². The Morgan fingerprint density at radius 1 is 1.10 bits per heavy atom. The molecule has 1 aliphatic heterocycles. The van der Waals surface area contributed by atoms with Crippen molar-refractivity contribution in [1.82, 2.24) is 10.2 Å². The fourth-order valence-electron chi connectivity index (χ4n) is 3.94. The quantitative estimate of drug-likeness (QED) is 0.670. The summed E-state index contributed by atoms with van der Waals surface area (Å²) in [7, 11) is 0. The number of carbonyl (C=O) groups excluding carboxylic acids is 1. The zero-order valence-corrected chi connectivity index (χ0v) is 18.4. The zero-order valence-electron chi connectivity index (χ0n) is 17.6. The van der Waals surface area contributed by atoms with E-state index >= 15 is 0 Å². The van der Waals surface area contributed by atoms with Crippen LogP contribution in [0.25, 0.3) is 0 Å². The molecule has 1 amide bonds. The Labute approximate surface area is 184 Å². The summed E-state index contributed by atoms with van der Waals surface area (Å²) >= 11 is 6.17. The fraction of sp³-hybridized carbons (Fsp3) is 0.458. The summed E-state index contributed by atoms with van der Waals surface area (Å²) in [6, 6.07) is 15.6. The van der Waals surface area contributed by atoms with Gasteiger partial charge in [-0.15, -0.1) is 0 Å². The number of piperazine rings is 1. The van der Waals surface area contributed by atoms with Crippen molar-refractivity contribution >= 4 is 28.9 Å². The van der Waals surface area contributed by atoms with Gasteiger partial charge in [0.1, 0.15) is 6.04 Å². The highest BCUT2D eigenvalue weighted by Gasteiger charge is 2.26. The number of nitrogens with one attached hydrogen (secondary N) is 2. The van der Waals surface area contributed by atoms with E-state index < -0.39 is 0 Å². The zero-order chi connectivity index (χ0) is 20.9. The van der Waals surface area contributed by atoms with E-state index in [1.807, 2.05) is 37.3 Å². The molecule has 0 radical (unpaired) electrons. The van der Waals surface area contributed by atoms with Gasteiger partial charge in [0.25, 0.3) is 0 Å². The molecule has 0 bridgehead atoms. The number of hydrogen-bond acceptors (Lipinski definition) is 4. The van der Waals surface area contributed by atoms with E-state index in [2.05, 4.69) is 38.6 Å². The van der Waals surface area contributed by atoms with E-state index in [1.165, 1.54) is 25.1 Å². The van der Waals surface area contributed by atoms with Gasteiger partial charge in [-0.05, 0) is 55.5 Å². The number of amides is 1. The second kappa shape index (κ2) is 9.71. The normalized spacial score (nSPS) is 18.1. The van der Waals surface area contributed by atoms with Crippen molar-refractivity contribution in [3.63, 3.8) is 0 Å². The van der Waals surface area contributed by atoms with Gasteiger partial charge in [-0.3, -0.25) is 9.69 Å². The number of carbonyl (C=O) groups is 1. The molecule has 2 N–H and O–H groups in total. The van der Waals surface area contributed by atoms with Gasteiger partial charge >= 0.3 is 0 Å². The third-order valence-electron chi connectivity index (χ3n) is 5.98. The molecule has 1 saturated heterocycles. The van der Waals surface area contributed by atoms with Gasteiger partial charge in [0, 0.05) is 55.7 Å². The first kappa shape index (κ1) is 21.0. The van der Waals surface area contributed by atoms with Crippen molar-refractivity contribution in [2.45, 2.75) is 32.4 Å². The Bertz CT molecular complexity index is 862. The molecule has 1 atom stereocenters. The van der Waals surface area contributed by atoms with Crippen LogP contribution in [0.15, 0.2) is 48.5 Å². The molecular weight excluding hydrogens is 396 g/mol. The summed E-state index contributed by atoms with van der Waals surface area (Å²) in [5.41, 5.74) is 3.10. The van der Waals surface area contributed by atoms with Gasteiger partial charge in [0.2, 0.25) is 5.91 Å². The second-order valence-corrected chi connectivity index (χ2v) is 8.86. The van der Waals surface area contributed by atoms with Crippen LogP contribution in [-0.2, 0) is 11.3 Å². The highest BCUT2D eigenvalue weighted by molar-refractivity contribution is 6.31. The maximum Gasteiger partial charge on any atom is 0.242 e. The lowest BCUT2D eigenvalue weighted by Crippen LogP contribution is -2.47. The molecule has 2 fully saturated rings. The predicted molar refractivity (Wildman–Crippen MR) is 124 cm³/mol. The van der Waals surface area contributed by atoms with E-state index in [4.69, 9.17) is 11.6 Å². The van der Waals surface area contributed by atoms with Crippen molar-refractivity contribution in [2.24, 2.45) is 5.92 Å². The van der Waals surface area contributed by atoms with Crippen LogP contribution in [0.2, 0.25) is 5.02 Å². The van der Waals surface area contributed by atoms with Gasteiger partial charge < -0.3 is 15.5 Å². The monoisotopic (exact) mass is 426 g/mol. The van der Waals surface area contributed by atoms with Crippen molar-refractivity contribution in [2.75, 3.05) is 42.9 Å². The highest BCUT2D eigenvalue weighted by Crippen LogP contribution is 2.30. The van der Waals surface area contributed by atoms with E-state index in [-0.39, 0.29) is 11.9 Å². The topological polar surface area (TPSA) is 47.6 Å². The van der Waals surface area contributed by atoms with Crippen LogP contribution in [0.5, 0.6) is 0 Å². The Morgan fingerprint density at radius 2 is 1.87 bits per heavy atom. The minimum Gasteiger partial charge on any atom is -0.374 e. The summed E-state index contributed by atoms with van der Waals surface area (Å²) in [5.74, 6) is 0.906. The second-order valence-electron chi connectivity index (χ2n) is 8.46. The maximum atomic E-state index is 12.5. The van der Waals surface area contributed by atoms with Gasteiger partial charge in [0.15, 0.2) is 0 Å². The van der Waals surface area contributed by atoms with Crippen LogP contribution in [0.1, 0.15) is 25.3 Å². The third-order valence-corrected chi connectivity index (χ3v) is 6.35. The van der Waals surface area contributed by atoms with Crippen molar-refractivity contribution < 1.29 is 4.79 Å². The Hall–Kier alpha value is -2.24. The Morgan fingerprint density at radius 3 is 2.60 bits per heavy atom. The standard InChI is InChI=1S/C24H31ClN4O/c1-18(24(30)26-16-20-5-2-3-8-23(20)25)27-21-6-4-7-22(15-21)29-13-11-28(12-14-29)17-19-9-10-19/h2-8,15,18-19,27H,9-14,16-17H2,1H3,(H,26,30). The number of rotatable bonds is 8. The SMILES string of the molecule is CC(Nc1cccc(N2CCN(CC3CC3)CC2)c1)C(=O)NCc1ccccc1Cl. The van der Waals surface area contributed by atoms with Crippen LogP contribution in [-0.4, -0.2) is 49.6 Å². The first-order chi connectivity index (χ1) is 14.6. The molecule has 2 aliphatic rings. The summed E-state index contributed by atoms with van der Waals surface area (Å²) in [6.07, 6.45) is 2.83. The first-order valence-corrected chi connectivity index (χ1v) is 11.3. The van der Waals surface area contributed by atoms with Gasteiger partial charge in [-0.25, -0.2) is 0 Å². The van der Waals surface area contributed by atoms with Crippen molar-refractivity contribution in [3.05, 3.63) is 59.1 Å². The molecular formula is C24H31ClN4O. The van der Waals surface area contributed by atoms with Crippen LogP contribution < -0.4 is 15.5 Å². The summed E-state index contributed by atoms with van der Waals surface area (Å²) in [4.78, 5) is 17.6. The average Bonchev–Trinajstić information content (AvgIpc) is 3.58. The first-order valence-electron chi connectivity index (χ1n) is 10.9. The van der Waals surface area contributed by atoms with E-state index in [9.17, 15) is 4.79 Å². The molecule has 30 heavy (non-hydrogen) atoms. The lowest BCUT2D eigenvalue weighted by Gasteiger charge is -2.36. The number of hydrogen-bond donors (Lipinski definition) is 2. The Kier molecular flexibility index (Phi) is 6.80.